The van der Waals surface area contributed by atoms with Crippen LogP contribution in [0.3, 0.4) is 0 Å². The van der Waals surface area contributed by atoms with Crippen molar-refractivity contribution in [3.8, 4) is 0 Å². The van der Waals surface area contributed by atoms with E-state index in [1.807, 2.05) is 71.2 Å². The molecule has 130 valence electrons. The number of thioether (sulfide) groups is 1. The van der Waals surface area contributed by atoms with E-state index >= 15 is 0 Å². The van der Waals surface area contributed by atoms with Crippen LogP contribution >= 0.6 is 11.8 Å². The Kier molecular flexibility index (Phi) is 4.61. The molecule has 1 amide bonds. The Hall–Kier alpha value is -2.09. The average Bonchev–Trinajstić information content (AvgIpc) is 3.12. The molecule has 1 atom stereocenters. The summed E-state index contributed by atoms with van der Waals surface area (Å²) in [6, 6.07) is 7.84. The minimum atomic E-state index is -0.126. The molecule has 0 saturated carbocycles. The summed E-state index contributed by atoms with van der Waals surface area (Å²) in [5.74, 6) is 3.06. The molecule has 1 aromatic rings. The predicted octanol–water partition coefficient (Wildman–Crippen LogP) is 1.51. The molecule has 1 aromatic carbocycles. The topological polar surface area (TPSA) is 60.0 Å². The quantitative estimate of drug-likeness (QED) is 0.861. The number of rotatable bonds is 3. The number of fused-ring (bicyclic) bond motifs is 1. The summed E-state index contributed by atoms with van der Waals surface area (Å²) in [5, 5.41) is 5.07. The van der Waals surface area contributed by atoms with Gasteiger partial charge in [-0.05, 0) is 36.9 Å². The van der Waals surface area contributed by atoms with E-state index in [1.165, 1.54) is 0 Å². The molecule has 0 radical (unpaired) electrons. The van der Waals surface area contributed by atoms with Crippen molar-refractivity contribution in [2.75, 3.05) is 31.6 Å². The number of amides is 1. The van der Waals surface area contributed by atoms with Gasteiger partial charge in [-0.15, -0.1) is 0 Å². The lowest BCUT2D eigenvalue weighted by Gasteiger charge is -2.27. The number of carbonyl (C=O) groups excluding carboxylic acids is 1. The van der Waals surface area contributed by atoms with Crippen LogP contribution in [0.1, 0.15) is 15.9 Å². The molecule has 1 saturated heterocycles. The smallest absolute Gasteiger partial charge is 0.253 e. The largest absolute Gasteiger partial charge is 0.337 e. The minimum Gasteiger partial charge on any atom is -0.337 e. The third kappa shape index (κ3) is 3.22. The maximum Gasteiger partial charge on any atom is 0.253 e. The van der Waals surface area contributed by atoms with Crippen molar-refractivity contribution in [3.63, 3.8) is 0 Å². The number of benzene rings is 1. The summed E-state index contributed by atoms with van der Waals surface area (Å²) in [4.78, 5) is 19.1. The number of nitrogens with one attached hydrogen (secondary N) is 2. The van der Waals surface area contributed by atoms with Crippen molar-refractivity contribution in [1.29, 1.82) is 0 Å². The normalized spacial score (nSPS) is 22.5. The van der Waals surface area contributed by atoms with Crippen molar-refractivity contribution in [3.05, 3.63) is 53.6 Å². The van der Waals surface area contributed by atoms with Crippen molar-refractivity contribution < 1.29 is 4.79 Å². The highest BCUT2D eigenvalue weighted by Gasteiger charge is 2.27. The highest BCUT2D eigenvalue weighted by atomic mass is 32.2. The Bertz CT molecular complexity index is 749. The van der Waals surface area contributed by atoms with Gasteiger partial charge >= 0.3 is 0 Å². The number of hydrazine groups is 1. The molecule has 3 aliphatic heterocycles. The summed E-state index contributed by atoms with van der Waals surface area (Å²) < 4.78 is 0. The first kappa shape index (κ1) is 16.4. The van der Waals surface area contributed by atoms with Gasteiger partial charge in [-0.1, -0.05) is 18.2 Å². The Balaban J connectivity index is 1.52. The van der Waals surface area contributed by atoms with Crippen molar-refractivity contribution in [1.82, 2.24) is 20.7 Å². The highest BCUT2D eigenvalue weighted by Crippen LogP contribution is 2.25. The van der Waals surface area contributed by atoms with Gasteiger partial charge in [-0.25, -0.2) is 4.99 Å². The summed E-state index contributed by atoms with van der Waals surface area (Å²) in [6.07, 6.45) is 5.89. The molecule has 4 rings (SSSR count). The molecule has 0 bridgehead atoms. The van der Waals surface area contributed by atoms with Crippen LogP contribution < -0.4 is 10.7 Å². The first-order valence-corrected chi connectivity index (χ1v) is 9.59. The van der Waals surface area contributed by atoms with Gasteiger partial charge in [-0.2, -0.15) is 17.2 Å². The molecule has 0 spiro atoms. The van der Waals surface area contributed by atoms with Crippen molar-refractivity contribution >= 4 is 29.2 Å². The van der Waals surface area contributed by atoms with Crippen molar-refractivity contribution in [2.45, 2.75) is 6.29 Å². The van der Waals surface area contributed by atoms with E-state index in [-0.39, 0.29) is 12.2 Å². The first-order valence-electron chi connectivity index (χ1n) is 8.43. The summed E-state index contributed by atoms with van der Waals surface area (Å²) in [5.41, 5.74) is 6.12. The molecule has 3 heterocycles. The van der Waals surface area contributed by atoms with Crippen LogP contribution in [-0.4, -0.2) is 59.6 Å². The average molecular weight is 355 g/mol. The van der Waals surface area contributed by atoms with Crippen LogP contribution in [0, 0.1) is 0 Å². The van der Waals surface area contributed by atoms with E-state index in [4.69, 9.17) is 0 Å². The predicted molar refractivity (Wildman–Crippen MR) is 102 cm³/mol. The monoisotopic (exact) mass is 355 g/mol. The first-order chi connectivity index (χ1) is 12.3. The van der Waals surface area contributed by atoms with Crippen LogP contribution in [0.5, 0.6) is 0 Å². The van der Waals surface area contributed by atoms with Gasteiger partial charge in [0.2, 0.25) is 0 Å². The van der Waals surface area contributed by atoms with Gasteiger partial charge < -0.3 is 4.90 Å². The zero-order valence-electron chi connectivity index (χ0n) is 14.1. The number of carbonyl (C=O) groups is 1. The fourth-order valence-corrected chi connectivity index (χ4v) is 4.01. The van der Waals surface area contributed by atoms with Gasteiger partial charge in [0.25, 0.3) is 5.91 Å². The van der Waals surface area contributed by atoms with Gasteiger partial charge in [0, 0.05) is 30.2 Å². The van der Waals surface area contributed by atoms with E-state index in [1.54, 1.807) is 0 Å². The van der Waals surface area contributed by atoms with Crippen molar-refractivity contribution in [2.24, 2.45) is 4.99 Å². The van der Waals surface area contributed by atoms with E-state index < -0.39 is 0 Å². The fraction of sp³-hybridized carbons (Fsp3) is 0.333. The lowest BCUT2D eigenvalue weighted by molar-refractivity contribution is 0.0772. The fourth-order valence-electron chi connectivity index (χ4n) is 3.10. The standard InChI is InChI=1S/C18H21N5OS/c1-19-18-20-16-4-2-3-15(23(16)21-18)13-5-7-14(8-6-13)17(24)22-9-11-25-12-10-22/h2-8,18-19,21H,9-12H2,1H3. The van der Waals surface area contributed by atoms with Crippen LogP contribution in [0.15, 0.2) is 47.5 Å². The van der Waals surface area contributed by atoms with E-state index in [9.17, 15) is 4.79 Å². The molecule has 2 N–H and O–H groups in total. The molecule has 25 heavy (non-hydrogen) atoms. The molecular formula is C18H21N5OS. The Morgan fingerprint density at radius 1 is 1.28 bits per heavy atom. The second-order valence-corrected chi connectivity index (χ2v) is 7.26. The van der Waals surface area contributed by atoms with Gasteiger partial charge in [0.05, 0.1) is 5.70 Å². The molecule has 0 aliphatic carbocycles. The van der Waals surface area contributed by atoms with Gasteiger partial charge in [0.15, 0.2) is 6.29 Å². The third-order valence-corrected chi connectivity index (χ3v) is 5.42. The summed E-state index contributed by atoms with van der Waals surface area (Å²) >= 11 is 1.91. The van der Waals surface area contributed by atoms with E-state index in [2.05, 4.69) is 15.7 Å². The second kappa shape index (κ2) is 7.03. The number of allylic oxidation sites excluding steroid dienone is 2. The zero-order chi connectivity index (χ0) is 17.2. The van der Waals surface area contributed by atoms with E-state index in [0.29, 0.717) is 0 Å². The second-order valence-electron chi connectivity index (χ2n) is 6.04. The molecule has 1 fully saturated rings. The van der Waals surface area contributed by atoms with Crippen LogP contribution in [0.2, 0.25) is 0 Å². The van der Waals surface area contributed by atoms with Gasteiger partial charge in [-0.3, -0.25) is 15.1 Å². The molecule has 0 aromatic heterocycles. The Morgan fingerprint density at radius 2 is 2.04 bits per heavy atom. The molecule has 3 aliphatic rings. The molecule has 7 heteroatoms. The van der Waals surface area contributed by atoms with Crippen LogP contribution in [0.4, 0.5) is 0 Å². The third-order valence-electron chi connectivity index (χ3n) is 4.48. The lowest BCUT2D eigenvalue weighted by atomic mass is 10.1. The Morgan fingerprint density at radius 3 is 2.76 bits per heavy atom. The molecular weight excluding hydrogens is 334 g/mol. The van der Waals surface area contributed by atoms with Gasteiger partial charge in [0.1, 0.15) is 5.84 Å². The lowest BCUT2D eigenvalue weighted by Crippen LogP contribution is -2.44. The number of amidine groups is 1. The number of hydrogen-bond acceptors (Lipinski definition) is 6. The maximum absolute atomic E-state index is 12.6. The molecule has 1 unspecified atom stereocenters. The highest BCUT2D eigenvalue weighted by molar-refractivity contribution is 7.99. The summed E-state index contributed by atoms with van der Waals surface area (Å²) in [6.45, 7) is 1.67. The number of hydrogen-bond donors (Lipinski definition) is 2. The van der Waals surface area contributed by atoms with Crippen LogP contribution in [-0.2, 0) is 0 Å². The van der Waals surface area contributed by atoms with E-state index in [0.717, 1.165) is 47.3 Å². The number of aliphatic imine (C=N–C) groups is 1. The van der Waals surface area contributed by atoms with Crippen LogP contribution in [0.25, 0.3) is 5.70 Å². The number of nitrogens with zero attached hydrogens (tertiary/aromatic N) is 3. The zero-order valence-corrected chi connectivity index (χ0v) is 14.9. The summed E-state index contributed by atoms with van der Waals surface area (Å²) in [7, 11) is 1.87. The minimum absolute atomic E-state index is 0.126. The SMILES string of the molecule is CNC1N=C2C=CC=C(c3ccc(C(=O)N4CCSCC4)cc3)N2N1. The maximum atomic E-state index is 12.6. The Labute approximate surface area is 151 Å². The molecule has 6 nitrogen and oxygen atoms in total.